The number of hydrogen-bond acceptors (Lipinski definition) is 5. The molecule has 1 rings (SSSR count). The Balaban J connectivity index is 2.84. The summed E-state index contributed by atoms with van der Waals surface area (Å²) in [4.78, 5) is 18.9. The van der Waals surface area contributed by atoms with E-state index in [4.69, 9.17) is 5.11 Å². The molecule has 88 valence electrons. The zero-order chi connectivity index (χ0) is 12.1. The molecular weight excluding hydrogens is 226 g/mol. The second-order valence-electron chi connectivity index (χ2n) is 3.52. The van der Waals surface area contributed by atoms with Crippen molar-refractivity contribution in [3.63, 3.8) is 0 Å². The Labute approximate surface area is 98.7 Å². The molecule has 1 heterocycles. The number of aromatic carboxylic acids is 1. The first kappa shape index (κ1) is 12.8. The standard InChI is InChI=1S/C10H15N3O2S/c1-6-4-8(9(14)15)13-10(11-6)12-7(2)5-16-3/h4,7H,5H2,1-3H3,(H,14,15)(H,11,12,13). The highest BCUT2D eigenvalue weighted by Gasteiger charge is 2.10. The van der Waals surface area contributed by atoms with Gasteiger partial charge >= 0.3 is 5.97 Å². The van der Waals surface area contributed by atoms with Crippen molar-refractivity contribution in [2.75, 3.05) is 17.3 Å². The van der Waals surface area contributed by atoms with E-state index < -0.39 is 5.97 Å². The summed E-state index contributed by atoms with van der Waals surface area (Å²) >= 11 is 1.71. The third kappa shape index (κ3) is 3.69. The Bertz CT molecular complexity index is 384. The fourth-order valence-electron chi connectivity index (χ4n) is 1.25. The maximum Gasteiger partial charge on any atom is 0.354 e. The summed E-state index contributed by atoms with van der Waals surface area (Å²) in [6, 6.07) is 1.66. The number of hydrogen-bond donors (Lipinski definition) is 2. The summed E-state index contributed by atoms with van der Waals surface area (Å²) in [5, 5.41) is 11.9. The number of carbonyl (C=O) groups is 1. The van der Waals surface area contributed by atoms with Crippen LogP contribution in [-0.4, -0.2) is 39.1 Å². The van der Waals surface area contributed by atoms with Crippen LogP contribution in [0.4, 0.5) is 5.95 Å². The number of nitrogens with zero attached hydrogens (tertiary/aromatic N) is 2. The summed E-state index contributed by atoms with van der Waals surface area (Å²) in [6.07, 6.45) is 2.01. The molecule has 16 heavy (non-hydrogen) atoms. The molecule has 0 aliphatic carbocycles. The molecule has 1 aromatic heterocycles. The van der Waals surface area contributed by atoms with E-state index in [2.05, 4.69) is 15.3 Å². The second kappa shape index (κ2) is 5.69. The molecule has 0 aromatic carbocycles. The maximum atomic E-state index is 10.8. The van der Waals surface area contributed by atoms with E-state index in [-0.39, 0.29) is 11.7 Å². The number of aryl methyl sites for hydroxylation is 1. The fraction of sp³-hybridized carbons (Fsp3) is 0.500. The molecule has 0 fully saturated rings. The lowest BCUT2D eigenvalue weighted by Crippen LogP contribution is -2.20. The molecule has 5 nitrogen and oxygen atoms in total. The molecule has 1 unspecified atom stereocenters. The van der Waals surface area contributed by atoms with E-state index in [9.17, 15) is 4.79 Å². The minimum atomic E-state index is -1.04. The highest BCUT2D eigenvalue weighted by atomic mass is 32.2. The number of anilines is 1. The Morgan fingerprint density at radius 2 is 2.31 bits per heavy atom. The van der Waals surface area contributed by atoms with Crippen LogP contribution in [0.3, 0.4) is 0 Å². The number of carboxylic acids is 1. The van der Waals surface area contributed by atoms with E-state index in [0.717, 1.165) is 5.75 Å². The van der Waals surface area contributed by atoms with Crippen molar-refractivity contribution in [2.24, 2.45) is 0 Å². The Morgan fingerprint density at radius 3 is 2.88 bits per heavy atom. The lowest BCUT2D eigenvalue weighted by atomic mass is 10.3. The third-order valence-electron chi connectivity index (χ3n) is 1.87. The fourth-order valence-corrected chi connectivity index (χ4v) is 1.84. The van der Waals surface area contributed by atoms with E-state index in [1.807, 2.05) is 13.2 Å². The summed E-state index contributed by atoms with van der Waals surface area (Å²) < 4.78 is 0. The molecular formula is C10H15N3O2S. The molecule has 6 heteroatoms. The topological polar surface area (TPSA) is 75.1 Å². The third-order valence-corrected chi connectivity index (χ3v) is 2.70. The van der Waals surface area contributed by atoms with Gasteiger partial charge in [0.05, 0.1) is 0 Å². The average Bonchev–Trinajstić information content (AvgIpc) is 2.16. The van der Waals surface area contributed by atoms with Crippen molar-refractivity contribution in [3.05, 3.63) is 17.5 Å². The minimum absolute atomic E-state index is 0.0198. The smallest absolute Gasteiger partial charge is 0.354 e. The highest BCUT2D eigenvalue weighted by molar-refractivity contribution is 7.98. The number of aromatic nitrogens is 2. The Kier molecular flexibility index (Phi) is 4.54. The van der Waals surface area contributed by atoms with Crippen LogP contribution in [0.2, 0.25) is 0 Å². The molecule has 1 aromatic rings. The monoisotopic (exact) mass is 241 g/mol. The van der Waals surface area contributed by atoms with Crippen LogP contribution in [0.5, 0.6) is 0 Å². The van der Waals surface area contributed by atoms with Crippen molar-refractivity contribution >= 4 is 23.7 Å². The van der Waals surface area contributed by atoms with Crippen LogP contribution in [-0.2, 0) is 0 Å². The lowest BCUT2D eigenvalue weighted by Gasteiger charge is -2.12. The lowest BCUT2D eigenvalue weighted by molar-refractivity contribution is 0.0690. The van der Waals surface area contributed by atoms with Crippen molar-refractivity contribution < 1.29 is 9.90 Å². The van der Waals surface area contributed by atoms with E-state index in [1.165, 1.54) is 6.07 Å². The van der Waals surface area contributed by atoms with Crippen LogP contribution >= 0.6 is 11.8 Å². The van der Waals surface area contributed by atoms with E-state index in [0.29, 0.717) is 11.6 Å². The molecule has 0 bridgehead atoms. The number of nitrogens with one attached hydrogen (secondary N) is 1. The van der Waals surface area contributed by atoms with Gasteiger partial charge in [-0.05, 0) is 26.2 Å². The van der Waals surface area contributed by atoms with Gasteiger partial charge in [0, 0.05) is 17.5 Å². The Morgan fingerprint density at radius 1 is 1.62 bits per heavy atom. The van der Waals surface area contributed by atoms with Gasteiger partial charge in [0.25, 0.3) is 0 Å². The predicted octanol–water partition coefficient (Wildman–Crippen LogP) is 1.65. The van der Waals surface area contributed by atoms with Gasteiger partial charge < -0.3 is 10.4 Å². The maximum absolute atomic E-state index is 10.8. The van der Waals surface area contributed by atoms with Gasteiger partial charge in [-0.1, -0.05) is 0 Å². The Hall–Kier alpha value is -1.30. The van der Waals surface area contributed by atoms with Gasteiger partial charge in [-0.2, -0.15) is 11.8 Å². The summed E-state index contributed by atoms with van der Waals surface area (Å²) in [7, 11) is 0. The van der Waals surface area contributed by atoms with E-state index >= 15 is 0 Å². The quantitative estimate of drug-likeness (QED) is 0.816. The predicted molar refractivity (Wildman–Crippen MR) is 65.2 cm³/mol. The number of thioether (sulfide) groups is 1. The molecule has 2 N–H and O–H groups in total. The van der Waals surface area contributed by atoms with Crippen LogP contribution < -0.4 is 5.32 Å². The molecule has 1 atom stereocenters. The molecule has 0 aliphatic heterocycles. The zero-order valence-corrected chi connectivity index (χ0v) is 10.3. The van der Waals surface area contributed by atoms with Crippen LogP contribution in [0.25, 0.3) is 0 Å². The van der Waals surface area contributed by atoms with Gasteiger partial charge in [-0.3, -0.25) is 0 Å². The van der Waals surface area contributed by atoms with Gasteiger partial charge in [0.2, 0.25) is 5.95 Å². The molecule has 0 spiro atoms. The number of carboxylic acid groups (broad SMARTS) is 1. The van der Waals surface area contributed by atoms with Crippen molar-refractivity contribution in [1.29, 1.82) is 0 Å². The molecule has 0 saturated carbocycles. The van der Waals surface area contributed by atoms with Gasteiger partial charge in [0.15, 0.2) is 5.69 Å². The van der Waals surface area contributed by atoms with Crippen molar-refractivity contribution in [1.82, 2.24) is 9.97 Å². The minimum Gasteiger partial charge on any atom is -0.477 e. The van der Waals surface area contributed by atoms with Gasteiger partial charge in [-0.25, -0.2) is 14.8 Å². The van der Waals surface area contributed by atoms with Gasteiger partial charge in [0.1, 0.15) is 0 Å². The molecule has 0 radical (unpaired) electrons. The van der Waals surface area contributed by atoms with Crippen LogP contribution in [0.15, 0.2) is 6.07 Å². The molecule has 0 amide bonds. The van der Waals surface area contributed by atoms with Crippen molar-refractivity contribution in [3.8, 4) is 0 Å². The zero-order valence-electron chi connectivity index (χ0n) is 9.52. The summed E-state index contributed by atoms with van der Waals surface area (Å²) in [5.74, 6) is 0.254. The SMILES string of the molecule is CSCC(C)Nc1nc(C)cc(C(=O)O)n1. The first-order valence-corrected chi connectivity index (χ1v) is 6.26. The highest BCUT2D eigenvalue weighted by Crippen LogP contribution is 2.08. The van der Waals surface area contributed by atoms with Crippen LogP contribution in [0.1, 0.15) is 23.1 Å². The molecule has 0 saturated heterocycles. The average molecular weight is 241 g/mol. The summed E-state index contributed by atoms with van der Waals surface area (Å²) in [6.45, 7) is 3.75. The summed E-state index contributed by atoms with van der Waals surface area (Å²) in [5.41, 5.74) is 0.664. The first-order valence-electron chi connectivity index (χ1n) is 4.87. The molecule has 0 aliphatic rings. The van der Waals surface area contributed by atoms with Gasteiger partial charge in [-0.15, -0.1) is 0 Å². The normalized spacial score (nSPS) is 12.2. The van der Waals surface area contributed by atoms with Crippen molar-refractivity contribution in [2.45, 2.75) is 19.9 Å². The van der Waals surface area contributed by atoms with E-state index in [1.54, 1.807) is 18.7 Å². The largest absolute Gasteiger partial charge is 0.477 e. The number of rotatable bonds is 5. The second-order valence-corrected chi connectivity index (χ2v) is 4.43. The first-order chi connectivity index (χ1) is 7.52. The van der Waals surface area contributed by atoms with Crippen LogP contribution in [0, 0.1) is 6.92 Å².